The van der Waals surface area contributed by atoms with Crippen molar-refractivity contribution in [2.45, 2.75) is 32.5 Å². The van der Waals surface area contributed by atoms with E-state index in [0.29, 0.717) is 6.54 Å². The van der Waals surface area contributed by atoms with E-state index in [2.05, 4.69) is 4.90 Å². The van der Waals surface area contributed by atoms with Crippen molar-refractivity contribution in [3.63, 3.8) is 0 Å². The number of carboxylic acids is 1. The second-order valence-corrected chi connectivity index (χ2v) is 4.45. The summed E-state index contributed by atoms with van der Waals surface area (Å²) >= 11 is 0. The number of carbonyl (C=O) groups is 1. The van der Waals surface area contributed by atoms with E-state index in [1.54, 1.807) is 0 Å². The highest BCUT2D eigenvalue weighted by molar-refractivity contribution is 5.73. The van der Waals surface area contributed by atoms with Gasteiger partial charge in [0, 0.05) is 19.1 Å². The van der Waals surface area contributed by atoms with Gasteiger partial charge < -0.3 is 10.8 Å². The van der Waals surface area contributed by atoms with Crippen molar-refractivity contribution in [3.05, 3.63) is 35.9 Å². The minimum atomic E-state index is -0.955. The number of hydrogen-bond donors (Lipinski definition) is 2. The molecule has 0 saturated heterocycles. The van der Waals surface area contributed by atoms with Crippen LogP contribution >= 0.6 is 0 Å². The molecule has 17 heavy (non-hydrogen) atoms. The van der Waals surface area contributed by atoms with Gasteiger partial charge in [-0.15, -0.1) is 0 Å². The summed E-state index contributed by atoms with van der Waals surface area (Å²) in [6.45, 7) is 5.16. The first-order chi connectivity index (χ1) is 8.00. The lowest BCUT2D eigenvalue weighted by Crippen LogP contribution is -2.44. The van der Waals surface area contributed by atoms with Crippen molar-refractivity contribution in [1.82, 2.24) is 4.90 Å². The molecule has 0 heterocycles. The Hall–Kier alpha value is -1.39. The zero-order valence-electron chi connectivity index (χ0n) is 10.3. The molecule has 1 atom stereocenters. The van der Waals surface area contributed by atoms with Gasteiger partial charge in [0.05, 0.1) is 0 Å². The van der Waals surface area contributed by atoms with Crippen LogP contribution in [0.2, 0.25) is 0 Å². The molecule has 0 radical (unpaired) electrons. The van der Waals surface area contributed by atoms with Crippen molar-refractivity contribution in [2.75, 3.05) is 6.54 Å². The molecule has 0 aliphatic heterocycles. The van der Waals surface area contributed by atoms with E-state index in [4.69, 9.17) is 10.8 Å². The predicted octanol–water partition coefficient (Wildman–Crippen LogP) is 1.31. The maximum atomic E-state index is 10.8. The maximum absolute atomic E-state index is 10.8. The third-order valence-corrected chi connectivity index (χ3v) is 2.71. The Morgan fingerprint density at radius 3 is 2.41 bits per heavy atom. The van der Waals surface area contributed by atoms with Crippen LogP contribution in [0.25, 0.3) is 0 Å². The molecule has 1 aromatic rings. The summed E-state index contributed by atoms with van der Waals surface area (Å²) in [6.07, 6.45) is 0. The van der Waals surface area contributed by atoms with Crippen LogP contribution in [0, 0.1) is 0 Å². The minimum Gasteiger partial charge on any atom is -0.480 e. The Kier molecular flexibility index (Phi) is 5.12. The first-order valence-electron chi connectivity index (χ1n) is 5.77. The zero-order valence-corrected chi connectivity index (χ0v) is 10.3. The average Bonchev–Trinajstić information content (AvgIpc) is 2.29. The van der Waals surface area contributed by atoms with Crippen LogP contribution < -0.4 is 5.73 Å². The highest BCUT2D eigenvalue weighted by Crippen LogP contribution is 2.08. The lowest BCUT2D eigenvalue weighted by Gasteiger charge is -2.28. The van der Waals surface area contributed by atoms with E-state index in [0.717, 1.165) is 6.54 Å². The Labute approximate surface area is 102 Å². The predicted molar refractivity (Wildman–Crippen MR) is 67.6 cm³/mol. The Balaban J connectivity index is 2.64. The monoisotopic (exact) mass is 236 g/mol. The fourth-order valence-corrected chi connectivity index (χ4v) is 1.61. The first-order valence-corrected chi connectivity index (χ1v) is 5.77. The SMILES string of the molecule is CC(C)N(Cc1ccccc1)CC(N)C(=O)O. The summed E-state index contributed by atoms with van der Waals surface area (Å²) < 4.78 is 0. The number of benzene rings is 1. The lowest BCUT2D eigenvalue weighted by molar-refractivity contribution is -0.139. The minimum absolute atomic E-state index is 0.264. The van der Waals surface area contributed by atoms with E-state index < -0.39 is 12.0 Å². The summed E-state index contributed by atoms with van der Waals surface area (Å²) in [4.78, 5) is 12.8. The summed E-state index contributed by atoms with van der Waals surface area (Å²) in [7, 11) is 0. The van der Waals surface area contributed by atoms with E-state index in [9.17, 15) is 4.79 Å². The van der Waals surface area contributed by atoms with Crippen molar-refractivity contribution < 1.29 is 9.90 Å². The van der Waals surface area contributed by atoms with Crippen LogP contribution in [0.3, 0.4) is 0 Å². The number of hydrogen-bond acceptors (Lipinski definition) is 3. The molecule has 3 N–H and O–H groups in total. The van der Waals surface area contributed by atoms with Gasteiger partial charge in [-0.1, -0.05) is 30.3 Å². The standard InChI is InChI=1S/C13H20N2O2/c1-10(2)15(9-12(14)13(16)17)8-11-6-4-3-5-7-11/h3-7,10,12H,8-9,14H2,1-2H3,(H,16,17). The fraction of sp³-hybridized carbons (Fsp3) is 0.462. The first kappa shape index (κ1) is 13.7. The van der Waals surface area contributed by atoms with Crippen LogP contribution in [-0.2, 0) is 11.3 Å². The van der Waals surface area contributed by atoms with Gasteiger partial charge in [0.2, 0.25) is 0 Å². The van der Waals surface area contributed by atoms with Crippen LogP contribution in [0.4, 0.5) is 0 Å². The number of aliphatic carboxylic acids is 1. The Morgan fingerprint density at radius 1 is 1.35 bits per heavy atom. The van der Waals surface area contributed by atoms with Crippen LogP contribution in [0.15, 0.2) is 30.3 Å². The van der Waals surface area contributed by atoms with Crippen molar-refractivity contribution >= 4 is 5.97 Å². The van der Waals surface area contributed by atoms with Gasteiger partial charge in [-0.05, 0) is 19.4 Å². The summed E-state index contributed by atoms with van der Waals surface area (Å²) in [5.41, 5.74) is 6.73. The second kappa shape index (κ2) is 6.37. The van der Waals surface area contributed by atoms with Gasteiger partial charge >= 0.3 is 5.97 Å². The van der Waals surface area contributed by atoms with Gasteiger partial charge in [0.1, 0.15) is 6.04 Å². The smallest absolute Gasteiger partial charge is 0.321 e. The topological polar surface area (TPSA) is 66.6 Å². The van der Waals surface area contributed by atoms with Gasteiger partial charge in [0.15, 0.2) is 0 Å². The largest absolute Gasteiger partial charge is 0.480 e. The lowest BCUT2D eigenvalue weighted by atomic mass is 10.1. The van der Waals surface area contributed by atoms with Crippen molar-refractivity contribution in [2.24, 2.45) is 5.73 Å². The zero-order chi connectivity index (χ0) is 12.8. The second-order valence-electron chi connectivity index (χ2n) is 4.45. The van der Waals surface area contributed by atoms with Crippen LogP contribution in [0.1, 0.15) is 19.4 Å². The van der Waals surface area contributed by atoms with Gasteiger partial charge in [-0.25, -0.2) is 0 Å². The van der Waals surface area contributed by atoms with Crippen LogP contribution in [0.5, 0.6) is 0 Å². The van der Waals surface area contributed by atoms with Gasteiger partial charge in [0.25, 0.3) is 0 Å². The van der Waals surface area contributed by atoms with Crippen molar-refractivity contribution in [3.8, 4) is 0 Å². The molecule has 0 aromatic heterocycles. The summed E-state index contributed by atoms with van der Waals surface area (Å²) in [5.74, 6) is -0.955. The van der Waals surface area contributed by atoms with Crippen molar-refractivity contribution in [1.29, 1.82) is 0 Å². The molecule has 0 bridgehead atoms. The average molecular weight is 236 g/mol. The third kappa shape index (κ3) is 4.54. The highest BCUT2D eigenvalue weighted by Gasteiger charge is 2.18. The quantitative estimate of drug-likeness (QED) is 0.781. The van der Waals surface area contributed by atoms with Crippen LogP contribution in [-0.4, -0.2) is 34.6 Å². The summed E-state index contributed by atoms with van der Waals surface area (Å²) in [5, 5.41) is 8.83. The molecule has 0 aliphatic carbocycles. The number of rotatable bonds is 6. The molecule has 0 fully saturated rings. The molecule has 0 amide bonds. The molecule has 0 spiro atoms. The number of nitrogens with two attached hydrogens (primary N) is 1. The van der Waals surface area contributed by atoms with E-state index in [1.165, 1.54) is 5.56 Å². The molecule has 4 heteroatoms. The molecular formula is C13H20N2O2. The molecule has 1 aromatic carbocycles. The Bertz CT molecular complexity index is 352. The van der Waals surface area contributed by atoms with E-state index in [-0.39, 0.29) is 6.04 Å². The number of carboxylic acid groups (broad SMARTS) is 1. The normalized spacial score (nSPS) is 13.0. The van der Waals surface area contributed by atoms with Gasteiger partial charge in [-0.2, -0.15) is 0 Å². The number of nitrogens with zero attached hydrogens (tertiary/aromatic N) is 1. The summed E-state index contributed by atoms with van der Waals surface area (Å²) in [6, 6.07) is 9.41. The third-order valence-electron chi connectivity index (χ3n) is 2.71. The molecule has 0 saturated carbocycles. The molecule has 4 nitrogen and oxygen atoms in total. The van der Waals surface area contributed by atoms with E-state index >= 15 is 0 Å². The molecule has 0 aliphatic rings. The highest BCUT2D eigenvalue weighted by atomic mass is 16.4. The molecule has 1 unspecified atom stereocenters. The molecular weight excluding hydrogens is 216 g/mol. The van der Waals surface area contributed by atoms with Gasteiger partial charge in [-0.3, -0.25) is 9.69 Å². The molecule has 1 rings (SSSR count). The maximum Gasteiger partial charge on any atom is 0.321 e. The molecule has 94 valence electrons. The Morgan fingerprint density at radius 2 is 1.94 bits per heavy atom. The van der Waals surface area contributed by atoms with E-state index in [1.807, 2.05) is 44.2 Å². The fourth-order valence-electron chi connectivity index (χ4n) is 1.61.